The summed E-state index contributed by atoms with van der Waals surface area (Å²) in [6, 6.07) is 0. The minimum absolute atomic E-state index is 0.646. The third kappa shape index (κ3) is 2.58. The van der Waals surface area contributed by atoms with E-state index in [-0.39, 0.29) is 0 Å². The Labute approximate surface area is 106 Å². The van der Waals surface area contributed by atoms with Gasteiger partial charge in [-0.05, 0) is 13.8 Å². The van der Waals surface area contributed by atoms with Gasteiger partial charge in [-0.2, -0.15) is 0 Å². The molecular weight excluding hydrogens is 228 g/mol. The van der Waals surface area contributed by atoms with Crippen LogP contribution in [-0.2, 0) is 13.6 Å². The van der Waals surface area contributed by atoms with E-state index in [0.29, 0.717) is 6.54 Å². The van der Waals surface area contributed by atoms with Crippen LogP contribution >= 0.6 is 0 Å². The highest BCUT2D eigenvalue weighted by atomic mass is 15.1. The Kier molecular flexibility index (Phi) is 3.76. The number of imidazole rings is 1. The third-order valence-corrected chi connectivity index (χ3v) is 2.76. The van der Waals surface area contributed by atoms with Crippen molar-refractivity contribution in [2.45, 2.75) is 20.4 Å². The van der Waals surface area contributed by atoms with Gasteiger partial charge in [0.05, 0.1) is 6.54 Å². The SMILES string of the molecule is CCNc1ncnc(NCc2nccn2C)c1C. The number of rotatable bonds is 5. The van der Waals surface area contributed by atoms with E-state index in [2.05, 4.69) is 25.6 Å². The summed E-state index contributed by atoms with van der Waals surface area (Å²) < 4.78 is 1.98. The number of hydrogen-bond acceptors (Lipinski definition) is 5. The van der Waals surface area contributed by atoms with Crippen molar-refractivity contribution in [3.05, 3.63) is 30.1 Å². The monoisotopic (exact) mass is 246 g/mol. The third-order valence-electron chi connectivity index (χ3n) is 2.76. The van der Waals surface area contributed by atoms with Gasteiger partial charge in [-0.25, -0.2) is 15.0 Å². The van der Waals surface area contributed by atoms with Crippen molar-refractivity contribution in [3.8, 4) is 0 Å². The van der Waals surface area contributed by atoms with Gasteiger partial charge in [-0.3, -0.25) is 0 Å². The molecule has 2 aromatic rings. The second-order valence-electron chi connectivity index (χ2n) is 4.03. The first kappa shape index (κ1) is 12.3. The molecule has 0 atom stereocenters. The Morgan fingerprint density at radius 2 is 1.89 bits per heavy atom. The molecule has 2 N–H and O–H groups in total. The second-order valence-corrected chi connectivity index (χ2v) is 4.03. The Hall–Kier alpha value is -2.11. The average molecular weight is 246 g/mol. The van der Waals surface area contributed by atoms with Crippen LogP contribution < -0.4 is 10.6 Å². The highest BCUT2D eigenvalue weighted by Crippen LogP contribution is 2.18. The standard InChI is InChI=1S/C12H18N6/c1-4-13-11-9(2)12(17-8-16-11)15-7-10-14-5-6-18(10)3/h5-6,8H,4,7H2,1-3H3,(H2,13,15,16,17). The zero-order valence-electron chi connectivity index (χ0n) is 10.9. The maximum Gasteiger partial charge on any atom is 0.134 e. The van der Waals surface area contributed by atoms with Crippen LogP contribution in [0.25, 0.3) is 0 Å². The fourth-order valence-electron chi connectivity index (χ4n) is 1.70. The predicted molar refractivity (Wildman–Crippen MR) is 71.5 cm³/mol. The molecule has 2 rings (SSSR count). The van der Waals surface area contributed by atoms with Crippen molar-refractivity contribution in [1.82, 2.24) is 19.5 Å². The molecule has 0 fully saturated rings. The van der Waals surface area contributed by atoms with Gasteiger partial charge in [-0.1, -0.05) is 0 Å². The Morgan fingerprint density at radius 3 is 2.50 bits per heavy atom. The number of aromatic nitrogens is 4. The van der Waals surface area contributed by atoms with E-state index in [0.717, 1.165) is 29.6 Å². The number of anilines is 2. The van der Waals surface area contributed by atoms with Crippen LogP contribution in [-0.4, -0.2) is 26.1 Å². The molecule has 0 aliphatic rings. The van der Waals surface area contributed by atoms with Crippen LogP contribution in [0.1, 0.15) is 18.3 Å². The van der Waals surface area contributed by atoms with E-state index in [1.807, 2.05) is 31.7 Å². The zero-order chi connectivity index (χ0) is 13.0. The van der Waals surface area contributed by atoms with Crippen molar-refractivity contribution in [2.75, 3.05) is 17.2 Å². The quantitative estimate of drug-likeness (QED) is 0.838. The van der Waals surface area contributed by atoms with Gasteiger partial charge in [0.15, 0.2) is 0 Å². The summed E-state index contributed by atoms with van der Waals surface area (Å²) in [4.78, 5) is 12.7. The first-order valence-electron chi connectivity index (χ1n) is 5.98. The Balaban J connectivity index is 2.10. The molecule has 0 aromatic carbocycles. The van der Waals surface area contributed by atoms with Crippen LogP contribution in [0, 0.1) is 6.92 Å². The minimum atomic E-state index is 0.646. The number of nitrogens with zero attached hydrogens (tertiary/aromatic N) is 4. The van der Waals surface area contributed by atoms with Crippen LogP contribution in [0.2, 0.25) is 0 Å². The molecular formula is C12H18N6. The fourth-order valence-corrected chi connectivity index (χ4v) is 1.70. The van der Waals surface area contributed by atoms with Crippen molar-refractivity contribution >= 4 is 11.6 Å². The highest BCUT2D eigenvalue weighted by molar-refractivity contribution is 5.56. The lowest BCUT2D eigenvalue weighted by Gasteiger charge is -2.11. The normalized spacial score (nSPS) is 10.4. The van der Waals surface area contributed by atoms with Crippen LogP contribution in [0.5, 0.6) is 0 Å². The van der Waals surface area contributed by atoms with Gasteiger partial charge in [-0.15, -0.1) is 0 Å². The van der Waals surface area contributed by atoms with Crippen LogP contribution in [0.3, 0.4) is 0 Å². The van der Waals surface area contributed by atoms with E-state index in [4.69, 9.17) is 0 Å². The molecule has 0 bridgehead atoms. The van der Waals surface area contributed by atoms with Gasteiger partial charge < -0.3 is 15.2 Å². The molecule has 0 amide bonds. The van der Waals surface area contributed by atoms with Crippen molar-refractivity contribution in [1.29, 1.82) is 0 Å². The fraction of sp³-hybridized carbons (Fsp3) is 0.417. The lowest BCUT2D eigenvalue weighted by Crippen LogP contribution is -2.10. The van der Waals surface area contributed by atoms with Gasteiger partial charge in [0.2, 0.25) is 0 Å². The molecule has 0 aliphatic heterocycles. The van der Waals surface area contributed by atoms with E-state index < -0.39 is 0 Å². The van der Waals surface area contributed by atoms with Gasteiger partial charge >= 0.3 is 0 Å². The molecule has 0 saturated heterocycles. The first-order valence-corrected chi connectivity index (χ1v) is 5.98. The van der Waals surface area contributed by atoms with E-state index in [9.17, 15) is 0 Å². The second kappa shape index (κ2) is 5.48. The molecule has 0 aliphatic carbocycles. The molecule has 0 spiro atoms. The molecule has 0 unspecified atom stereocenters. The average Bonchev–Trinajstić information content (AvgIpc) is 2.76. The molecule has 96 valence electrons. The van der Waals surface area contributed by atoms with Crippen molar-refractivity contribution < 1.29 is 0 Å². The molecule has 6 nitrogen and oxygen atoms in total. The van der Waals surface area contributed by atoms with Crippen LogP contribution in [0.15, 0.2) is 18.7 Å². The van der Waals surface area contributed by atoms with Gasteiger partial charge in [0.25, 0.3) is 0 Å². The molecule has 2 heterocycles. The maximum absolute atomic E-state index is 4.26. The van der Waals surface area contributed by atoms with Gasteiger partial charge in [0, 0.05) is 31.5 Å². The summed E-state index contributed by atoms with van der Waals surface area (Å²) in [6.07, 6.45) is 5.27. The number of nitrogens with one attached hydrogen (secondary N) is 2. The molecule has 0 radical (unpaired) electrons. The summed E-state index contributed by atoms with van der Waals surface area (Å²) in [6.45, 7) is 5.53. The van der Waals surface area contributed by atoms with Crippen molar-refractivity contribution in [3.63, 3.8) is 0 Å². The highest BCUT2D eigenvalue weighted by Gasteiger charge is 2.06. The molecule has 6 heteroatoms. The Bertz CT molecular complexity index is 519. The lowest BCUT2D eigenvalue weighted by atomic mass is 10.3. The minimum Gasteiger partial charge on any atom is -0.370 e. The largest absolute Gasteiger partial charge is 0.370 e. The number of hydrogen-bond donors (Lipinski definition) is 2. The van der Waals surface area contributed by atoms with Crippen LogP contribution in [0.4, 0.5) is 11.6 Å². The van der Waals surface area contributed by atoms with E-state index in [1.54, 1.807) is 12.5 Å². The first-order chi connectivity index (χ1) is 8.72. The summed E-state index contributed by atoms with van der Waals surface area (Å²) in [7, 11) is 1.97. The van der Waals surface area contributed by atoms with E-state index >= 15 is 0 Å². The summed E-state index contributed by atoms with van der Waals surface area (Å²) in [5.41, 5.74) is 1.02. The lowest BCUT2D eigenvalue weighted by molar-refractivity contribution is 0.809. The summed E-state index contributed by atoms with van der Waals surface area (Å²) in [5.74, 6) is 2.68. The molecule has 0 saturated carbocycles. The van der Waals surface area contributed by atoms with Gasteiger partial charge in [0.1, 0.15) is 23.8 Å². The number of aryl methyl sites for hydroxylation is 1. The molecule has 18 heavy (non-hydrogen) atoms. The zero-order valence-corrected chi connectivity index (χ0v) is 10.9. The predicted octanol–water partition coefficient (Wildman–Crippen LogP) is 1.56. The smallest absolute Gasteiger partial charge is 0.134 e. The Morgan fingerprint density at radius 1 is 1.17 bits per heavy atom. The topological polar surface area (TPSA) is 67.7 Å². The molecule has 2 aromatic heterocycles. The summed E-state index contributed by atoms with van der Waals surface area (Å²) in [5, 5.41) is 6.49. The maximum atomic E-state index is 4.26. The summed E-state index contributed by atoms with van der Waals surface area (Å²) >= 11 is 0. The van der Waals surface area contributed by atoms with E-state index in [1.165, 1.54) is 0 Å². The van der Waals surface area contributed by atoms with Crippen molar-refractivity contribution in [2.24, 2.45) is 7.05 Å².